The molecule has 0 saturated carbocycles. The van der Waals surface area contributed by atoms with Crippen molar-refractivity contribution in [2.45, 2.75) is 50.2 Å². The zero-order chi connectivity index (χ0) is 16.2. The average Bonchev–Trinajstić information content (AvgIpc) is 2.86. The molecule has 6 nitrogen and oxygen atoms in total. The Kier molecular flexibility index (Phi) is 6.45. The molecule has 4 N–H and O–H groups in total. The van der Waals surface area contributed by atoms with Gasteiger partial charge in [0.1, 0.15) is 5.75 Å². The highest BCUT2D eigenvalue weighted by Gasteiger charge is 2.33. The lowest BCUT2D eigenvalue weighted by molar-refractivity contribution is -0.122. The second-order valence-corrected chi connectivity index (χ2v) is 6.36. The third kappa shape index (κ3) is 4.85. The molecule has 2 unspecified atom stereocenters. The fraction of sp³-hybridized carbons (Fsp3) is 0.529. The van der Waals surface area contributed by atoms with Crippen LogP contribution in [-0.4, -0.2) is 36.5 Å². The molecule has 7 heteroatoms. The van der Waals surface area contributed by atoms with E-state index in [1.54, 1.807) is 24.3 Å². The van der Waals surface area contributed by atoms with Crippen molar-refractivity contribution in [3.63, 3.8) is 0 Å². The Hall–Kier alpha value is -1.79. The maximum Gasteiger partial charge on any atom is 0.248 e. The van der Waals surface area contributed by atoms with Crippen LogP contribution in [0, 0.1) is 0 Å². The first-order valence-corrected chi connectivity index (χ1v) is 8.18. The number of halogens is 1. The Bertz CT molecular complexity index is 584. The van der Waals surface area contributed by atoms with Crippen LogP contribution in [0.2, 0.25) is 0 Å². The Balaban J connectivity index is 0.00000208. The number of primary amides is 1. The van der Waals surface area contributed by atoms with Crippen molar-refractivity contribution in [1.82, 2.24) is 10.6 Å². The van der Waals surface area contributed by atoms with Crippen molar-refractivity contribution in [2.75, 3.05) is 6.61 Å². The number of benzene rings is 1. The second kappa shape index (κ2) is 8.35. The van der Waals surface area contributed by atoms with Gasteiger partial charge in [-0.15, -0.1) is 12.4 Å². The van der Waals surface area contributed by atoms with E-state index < -0.39 is 5.91 Å². The predicted molar refractivity (Wildman–Crippen MR) is 93.4 cm³/mol. The van der Waals surface area contributed by atoms with Crippen molar-refractivity contribution in [3.8, 4) is 5.75 Å². The topological polar surface area (TPSA) is 93.5 Å². The van der Waals surface area contributed by atoms with Gasteiger partial charge in [0.05, 0.1) is 13.0 Å². The van der Waals surface area contributed by atoms with Gasteiger partial charge in [0.15, 0.2) is 0 Å². The molecule has 0 aromatic heterocycles. The van der Waals surface area contributed by atoms with Gasteiger partial charge in [0, 0.05) is 23.7 Å². The lowest BCUT2D eigenvalue weighted by atomic mass is 10.00. The zero-order valence-electron chi connectivity index (χ0n) is 13.5. The van der Waals surface area contributed by atoms with Crippen LogP contribution in [0.4, 0.5) is 0 Å². The quantitative estimate of drug-likeness (QED) is 0.720. The molecule has 2 bridgehead atoms. The van der Waals surface area contributed by atoms with E-state index in [0.717, 1.165) is 12.8 Å². The summed E-state index contributed by atoms with van der Waals surface area (Å²) in [5, 5.41) is 6.66. The van der Waals surface area contributed by atoms with Gasteiger partial charge in [0.25, 0.3) is 0 Å². The summed E-state index contributed by atoms with van der Waals surface area (Å²) >= 11 is 0. The highest BCUT2D eigenvalue weighted by molar-refractivity contribution is 5.93. The van der Waals surface area contributed by atoms with E-state index in [2.05, 4.69) is 10.6 Å². The number of fused-ring (bicyclic) bond motifs is 2. The molecule has 132 valence electrons. The molecular formula is C17H24ClN3O3. The molecule has 2 aliphatic heterocycles. The van der Waals surface area contributed by atoms with Crippen LogP contribution in [0.5, 0.6) is 5.75 Å². The molecule has 0 spiro atoms. The van der Waals surface area contributed by atoms with Crippen LogP contribution in [0.15, 0.2) is 24.3 Å². The monoisotopic (exact) mass is 353 g/mol. The Morgan fingerprint density at radius 1 is 1.25 bits per heavy atom. The highest BCUT2D eigenvalue weighted by Crippen LogP contribution is 2.26. The fourth-order valence-corrected chi connectivity index (χ4v) is 3.48. The maximum atomic E-state index is 12.0. The van der Waals surface area contributed by atoms with E-state index in [4.69, 9.17) is 10.5 Å². The maximum absolute atomic E-state index is 12.0. The summed E-state index contributed by atoms with van der Waals surface area (Å²) in [6.45, 7) is 0.284. The molecule has 24 heavy (non-hydrogen) atoms. The molecule has 0 aliphatic carbocycles. The van der Waals surface area contributed by atoms with E-state index in [0.29, 0.717) is 29.8 Å². The number of nitrogens with two attached hydrogens (primary N) is 1. The number of ether oxygens (including phenoxy) is 1. The number of nitrogens with one attached hydrogen (secondary N) is 2. The van der Waals surface area contributed by atoms with Gasteiger partial charge in [-0.2, -0.15) is 0 Å². The van der Waals surface area contributed by atoms with E-state index in [9.17, 15) is 9.59 Å². The van der Waals surface area contributed by atoms with Crippen LogP contribution < -0.4 is 21.1 Å². The molecular weight excluding hydrogens is 330 g/mol. The van der Waals surface area contributed by atoms with Gasteiger partial charge < -0.3 is 21.1 Å². The first-order valence-electron chi connectivity index (χ1n) is 8.18. The molecule has 3 rings (SSSR count). The Morgan fingerprint density at radius 2 is 1.96 bits per heavy atom. The molecule has 1 aromatic rings. The van der Waals surface area contributed by atoms with E-state index in [1.165, 1.54) is 12.8 Å². The Morgan fingerprint density at radius 3 is 2.62 bits per heavy atom. The van der Waals surface area contributed by atoms with Gasteiger partial charge >= 0.3 is 0 Å². The average molecular weight is 354 g/mol. The predicted octanol–water partition coefficient (Wildman–Crippen LogP) is 1.38. The summed E-state index contributed by atoms with van der Waals surface area (Å²) in [4.78, 5) is 23.1. The standard InChI is InChI=1S/C17H23N3O3.ClH/c18-17(22)11-2-1-3-15(8-11)23-7-6-16(21)20-14-9-12-4-5-13(10-14)19-12;/h1-3,8,12-14,19H,4-7,9-10H2,(H2,18,22)(H,20,21);1H. The largest absolute Gasteiger partial charge is 0.493 e. The molecule has 2 aliphatic rings. The summed E-state index contributed by atoms with van der Waals surface area (Å²) < 4.78 is 5.53. The third-order valence-electron chi connectivity index (χ3n) is 4.55. The molecule has 1 aromatic carbocycles. The molecule has 0 radical (unpaired) electrons. The number of hydrogen-bond donors (Lipinski definition) is 3. The normalized spacial score (nSPS) is 24.8. The molecule has 2 fully saturated rings. The molecule has 2 saturated heterocycles. The lowest BCUT2D eigenvalue weighted by Gasteiger charge is -2.29. The van der Waals surface area contributed by atoms with Gasteiger partial charge in [-0.3, -0.25) is 9.59 Å². The molecule has 2 heterocycles. The summed E-state index contributed by atoms with van der Waals surface area (Å²) in [6.07, 6.45) is 4.78. The van der Waals surface area contributed by atoms with Crippen molar-refractivity contribution in [2.24, 2.45) is 5.73 Å². The first-order chi connectivity index (χ1) is 11.1. The van der Waals surface area contributed by atoms with E-state index in [1.807, 2.05) is 0 Å². The minimum absolute atomic E-state index is 0. The molecule has 2 amide bonds. The van der Waals surface area contributed by atoms with Crippen molar-refractivity contribution >= 4 is 24.2 Å². The number of rotatable bonds is 6. The number of carbonyl (C=O) groups is 2. The summed E-state index contributed by atoms with van der Waals surface area (Å²) in [7, 11) is 0. The first kappa shape index (κ1) is 18.5. The van der Waals surface area contributed by atoms with Gasteiger partial charge in [-0.1, -0.05) is 6.07 Å². The van der Waals surface area contributed by atoms with Crippen LogP contribution in [-0.2, 0) is 4.79 Å². The van der Waals surface area contributed by atoms with Crippen molar-refractivity contribution < 1.29 is 14.3 Å². The smallest absolute Gasteiger partial charge is 0.248 e. The zero-order valence-corrected chi connectivity index (χ0v) is 14.3. The number of hydrogen-bond acceptors (Lipinski definition) is 4. The van der Waals surface area contributed by atoms with Crippen LogP contribution in [0.3, 0.4) is 0 Å². The third-order valence-corrected chi connectivity index (χ3v) is 4.55. The fourth-order valence-electron chi connectivity index (χ4n) is 3.48. The summed E-state index contributed by atoms with van der Waals surface area (Å²) in [5.41, 5.74) is 5.63. The summed E-state index contributed by atoms with van der Waals surface area (Å²) in [5.74, 6) is 0.0742. The van der Waals surface area contributed by atoms with Crippen LogP contribution >= 0.6 is 12.4 Å². The molecule has 2 atom stereocenters. The second-order valence-electron chi connectivity index (χ2n) is 6.36. The van der Waals surface area contributed by atoms with Gasteiger partial charge in [-0.25, -0.2) is 0 Å². The van der Waals surface area contributed by atoms with Gasteiger partial charge in [0.2, 0.25) is 11.8 Å². The lowest BCUT2D eigenvalue weighted by Crippen LogP contribution is -2.48. The minimum atomic E-state index is -0.492. The van der Waals surface area contributed by atoms with Crippen LogP contribution in [0.25, 0.3) is 0 Å². The number of amides is 2. The van der Waals surface area contributed by atoms with E-state index >= 15 is 0 Å². The minimum Gasteiger partial charge on any atom is -0.493 e. The van der Waals surface area contributed by atoms with Crippen LogP contribution in [0.1, 0.15) is 42.5 Å². The number of piperidine rings is 1. The highest BCUT2D eigenvalue weighted by atomic mass is 35.5. The van der Waals surface area contributed by atoms with E-state index in [-0.39, 0.29) is 31.0 Å². The number of carbonyl (C=O) groups excluding carboxylic acids is 2. The SMILES string of the molecule is Cl.NC(=O)c1cccc(OCCC(=O)NC2CC3CCC(C2)N3)c1. The Labute approximate surface area is 147 Å². The van der Waals surface area contributed by atoms with Gasteiger partial charge in [-0.05, 0) is 43.9 Å². The van der Waals surface area contributed by atoms with Crippen molar-refractivity contribution in [3.05, 3.63) is 29.8 Å². The van der Waals surface area contributed by atoms with Crippen molar-refractivity contribution in [1.29, 1.82) is 0 Å². The summed E-state index contributed by atoms with van der Waals surface area (Å²) in [6, 6.07) is 8.07.